The number of fused-ring (bicyclic) bond motifs is 4. The molecule has 2 aromatic carbocycles. The van der Waals surface area contributed by atoms with Gasteiger partial charge < -0.3 is 14.2 Å². The van der Waals surface area contributed by atoms with Gasteiger partial charge in [0.05, 0.1) is 12.2 Å². The maximum absolute atomic E-state index is 13.1. The highest BCUT2D eigenvalue weighted by Crippen LogP contribution is 2.31. The predicted molar refractivity (Wildman–Crippen MR) is 106 cm³/mol. The molecule has 0 fully saturated rings. The van der Waals surface area contributed by atoms with Gasteiger partial charge in [0.2, 0.25) is 5.91 Å². The van der Waals surface area contributed by atoms with E-state index in [0.717, 1.165) is 18.7 Å². The minimum Gasteiger partial charge on any atom is -0.482 e. The van der Waals surface area contributed by atoms with Gasteiger partial charge in [-0.25, -0.2) is 0 Å². The number of hydrogen-bond donors (Lipinski definition) is 0. The van der Waals surface area contributed by atoms with E-state index in [1.165, 1.54) is 10.9 Å². The molecule has 142 valence electrons. The summed E-state index contributed by atoms with van der Waals surface area (Å²) in [7, 11) is 0. The number of rotatable bonds is 2. The molecule has 28 heavy (non-hydrogen) atoms. The highest BCUT2D eigenvalue weighted by atomic mass is 16.5. The molecule has 0 atom stereocenters. The molecule has 0 saturated heterocycles. The molecule has 6 nitrogen and oxygen atoms in total. The molecule has 0 spiro atoms. The molecule has 0 unspecified atom stereocenters. The van der Waals surface area contributed by atoms with E-state index in [1.807, 2.05) is 41.3 Å². The molecule has 5 rings (SSSR count). The summed E-state index contributed by atoms with van der Waals surface area (Å²) in [6.07, 6.45) is 0.894. The number of aromatic nitrogens is 1. The van der Waals surface area contributed by atoms with E-state index in [-0.39, 0.29) is 25.0 Å². The maximum Gasteiger partial charge on any atom is 0.265 e. The molecule has 2 aliphatic rings. The lowest BCUT2D eigenvalue weighted by Gasteiger charge is -2.30. The second kappa shape index (κ2) is 6.71. The smallest absolute Gasteiger partial charge is 0.265 e. The minimum atomic E-state index is -0.184. The van der Waals surface area contributed by atoms with Crippen LogP contribution in [0.5, 0.6) is 5.75 Å². The van der Waals surface area contributed by atoms with Gasteiger partial charge in [0.25, 0.3) is 5.91 Å². The van der Waals surface area contributed by atoms with Gasteiger partial charge in [0, 0.05) is 24.3 Å². The fourth-order valence-electron chi connectivity index (χ4n) is 4.13. The number of ether oxygens (including phenoxy) is 1. The molecule has 1 aromatic heterocycles. The van der Waals surface area contributed by atoms with Crippen molar-refractivity contribution in [2.75, 3.05) is 24.6 Å². The third-order valence-corrected chi connectivity index (χ3v) is 5.51. The monoisotopic (exact) mass is 375 g/mol. The summed E-state index contributed by atoms with van der Waals surface area (Å²) in [4.78, 5) is 28.9. The number of hydrogen-bond acceptors (Lipinski definition) is 3. The zero-order valence-electron chi connectivity index (χ0n) is 15.5. The lowest BCUT2D eigenvalue weighted by Crippen LogP contribution is -2.46. The van der Waals surface area contributed by atoms with E-state index < -0.39 is 0 Å². The zero-order valence-corrected chi connectivity index (χ0v) is 15.5. The van der Waals surface area contributed by atoms with Crippen molar-refractivity contribution in [1.82, 2.24) is 9.47 Å². The molecule has 0 bridgehead atoms. The van der Waals surface area contributed by atoms with E-state index >= 15 is 0 Å². The Morgan fingerprint density at radius 2 is 1.86 bits per heavy atom. The van der Waals surface area contributed by atoms with Crippen molar-refractivity contribution in [2.45, 2.75) is 19.5 Å². The Labute approximate surface area is 162 Å². The molecule has 0 saturated carbocycles. The number of nitrogens with zero attached hydrogens (tertiary/aromatic N) is 3. The lowest BCUT2D eigenvalue weighted by molar-refractivity contribution is -0.132. The van der Waals surface area contributed by atoms with E-state index in [2.05, 4.69) is 22.8 Å². The van der Waals surface area contributed by atoms with Crippen molar-refractivity contribution in [3.8, 4) is 5.75 Å². The zero-order chi connectivity index (χ0) is 19.1. The van der Waals surface area contributed by atoms with Gasteiger partial charge >= 0.3 is 0 Å². The average molecular weight is 375 g/mol. The number of anilines is 1. The topological polar surface area (TPSA) is 54.8 Å². The van der Waals surface area contributed by atoms with Crippen molar-refractivity contribution < 1.29 is 14.3 Å². The molecular weight excluding hydrogens is 354 g/mol. The first kappa shape index (κ1) is 16.9. The minimum absolute atomic E-state index is 0.0292. The summed E-state index contributed by atoms with van der Waals surface area (Å²) in [5.41, 5.74) is 3.01. The number of amides is 2. The predicted octanol–water partition coefficient (Wildman–Crippen LogP) is 2.80. The van der Waals surface area contributed by atoms with Crippen LogP contribution in [0.3, 0.4) is 0 Å². The summed E-state index contributed by atoms with van der Waals surface area (Å²) in [6.45, 7) is 2.16. The van der Waals surface area contributed by atoms with Gasteiger partial charge in [-0.3, -0.25) is 14.5 Å². The number of aryl methyl sites for hydroxylation is 1. The number of benzene rings is 2. The standard InChI is InChI=1S/C22H21N3O3/c26-21(14-25-19-8-3-4-9-20(19)28-15-22(25)27)23-10-5-11-24-17(13-23)12-16-6-1-2-7-18(16)24/h1-4,6-9,12H,5,10-11,13-15H2. The average Bonchev–Trinajstić information content (AvgIpc) is 2.92. The fraction of sp³-hybridized carbons (Fsp3) is 0.273. The van der Waals surface area contributed by atoms with Crippen molar-refractivity contribution in [3.05, 3.63) is 60.3 Å². The third-order valence-electron chi connectivity index (χ3n) is 5.51. The van der Waals surface area contributed by atoms with Crippen molar-refractivity contribution >= 4 is 28.4 Å². The summed E-state index contributed by atoms with van der Waals surface area (Å²) in [6, 6.07) is 17.8. The number of carbonyl (C=O) groups excluding carboxylic acids is 2. The summed E-state index contributed by atoms with van der Waals surface area (Å²) in [5.74, 6) is 0.422. The Kier molecular flexibility index (Phi) is 4.04. The number of carbonyl (C=O) groups is 2. The fourth-order valence-corrected chi connectivity index (χ4v) is 4.13. The van der Waals surface area contributed by atoms with Crippen molar-refractivity contribution in [1.29, 1.82) is 0 Å². The van der Waals surface area contributed by atoms with Gasteiger partial charge in [-0.1, -0.05) is 30.3 Å². The molecule has 6 heteroatoms. The molecule has 3 heterocycles. The maximum atomic E-state index is 13.1. The first-order valence-electron chi connectivity index (χ1n) is 9.58. The Balaban J connectivity index is 1.39. The second-order valence-corrected chi connectivity index (χ2v) is 7.25. The highest BCUT2D eigenvalue weighted by Gasteiger charge is 2.29. The Morgan fingerprint density at radius 1 is 1.04 bits per heavy atom. The van der Waals surface area contributed by atoms with Gasteiger partial charge in [0.1, 0.15) is 12.3 Å². The van der Waals surface area contributed by atoms with Crippen molar-refractivity contribution in [2.24, 2.45) is 0 Å². The summed E-state index contributed by atoms with van der Waals surface area (Å²) >= 11 is 0. The van der Waals surface area contributed by atoms with E-state index in [0.29, 0.717) is 24.5 Å². The quantitative estimate of drug-likeness (QED) is 0.692. The van der Waals surface area contributed by atoms with Crippen LogP contribution in [0, 0.1) is 0 Å². The molecular formula is C22H21N3O3. The summed E-state index contributed by atoms with van der Waals surface area (Å²) in [5, 5.41) is 1.20. The van der Waals surface area contributed by atoms with Crippen LogP contribution in [-0.2, 0) is 22.7 Å². The highest BCUT2D eigenvalue weighted by molar-refractivity contribution is 6.02. The molecule has 2 aliphatic heterocycles. The van der Waals surface area contributed by atoms with Crippen LogP contribution < -0.4 is 9.64 Å². The number of para-hydroxylation sites is 3. The largest absolute Gasteiger partial charge is 0.482 e. The Morgan fingerprint density at radius 3 is 2.79 bits per heavy atom. The van der Waals surface area contributed by atoms with Gasteiger partial charge in [-0.2, -0.15) is 0 Å². The third kappa shape index (κ3) is 2.81. The van der Waals surface area contributed by atoms with E-state index in [4.69, 9.17) is 4.74 Å². The SMILES string of the molecule is O=C(CN1C(=O)COc2ccccc21)N1CCCn2c(cc3ccccc32)C1. The molecule has 3 aromatic rings. The van der Waals surface area contributed by atoms with Crippen LogP contribution in [0.1, 0.15) is 12.1 Å². The molecule has 0 radical (unpaired) electrons. The first-order valence-corrected chi connectivity index (χ1v) is 9.58. The van der Waals surface area contributed by atoms with Crippen LogP contribution >= 0.6 is 0 Å². The molecule has 0 N–H and O–H groups in total. The van der Waals surface area contributed by atoms with Crippen molar-refractivity contribution in [3.63, 3.8) is 0 Å². The van der Waals surface area contributed by atoms with E-state index in [1.54, 1.807) is 4.90 Å². The molecule has 0 aliphatic carbocycles. The first-order chi connectivity index (χ1) is 13.7. The Bertz CT molecular complexity index is 1070. The van der Waals surface area contributed by atoms with Gasteiger partial charge in [0.15, 0.2) is 6.61 Å². The van der Waals surface area contributed by atoms with Crippen LogP contribution in [0.4, 0.5) is 5.69 Å². The molecule has 2 amide bonds. The van der Waals surface area contributed by atoms with Gasteiger partial charge in [-0.05, 0) is 36.1 Å². The van der Waals surface area contributed by atoms with E-state index in [9.17, 15) is 9.59 Å². The van der Waals surface area contributed by atoms with Crippen LogP contribution in [0.15, 0.2) is 54.6 Å². The summed E-state index contributed by atoms with van der Waals surface area (Å²) < 4.78 is 7.78. The van der Waals surface area contributed by atoms with Gasteiger partial charge in [-0.15, -0.1) is 0 Å². The second-order valence-electron chi connectivity index (χ2n) is 7.25. The van der Waals surface area contributed by atoms with Crippen LogP contribution in [-0.4, -0.2) is 41.0 Å². The normalized spacial score (nSPS) is 16.4. The lowest BCUT2D eigenvalue weighted by atomic mass is 10.2. The van der Waals surface area contributed by atoms with Crippen LogP contribution in [0.2, 0.25) is 0 Å². The Hall–Kier alpha value is -3.28. The van der Waals surface area contributed by atoms with Crippen LogP contribution in [0.25, 0.3) is 10.9 Å².